The van der Waals surface area contributed by atoms with Gasteiger partial charge in [0, 0.05) is 17.9 Å². The van der Waals surface area contributed by atoms with Crippen molar-refractivity contribution in [3.8, 4) is 22.6 Å². The average molecular weight is 460 g/mol. The largest absolute Gasteiger partial charge is 0.497 e. The van der Waals surface area contributed by atoms with Crippen LogP contribution in [0.15, 0.2) is 59.8 Å². The highest BCUT2D eigenvalue weighted by molar-refractivity contribution is 6.05. The topological polar surface area (TPSA) is 77.4 Å². The first-order valence-electron chi connectivity index (χ1n) is 11.2. The third kappa shape index (κ3) is 4.91. The molecule has 0 amide bonds. The zero-order valence-electron chi connectivity index (χ0n) is 19.9. The maximum absolute atomic E-state index is 11.3. The summed E-state index contributed by atoms with van der Waals surface area (Å²) in [5.74, 6) is 0.637. The number of aliphatic carboxylic acids is 1. The quantitative estimate of drug-likeness (QED) is 0.426. The molecule has 0 bridgehead atoms. The number of fused-ring (bicyclic) bond motifs is 1. The van der Waals surface area contributed by atoms with Crippen molar-refractivity contribution in [2.24, 2.45) is 5.16 Å². The number of hydrogen-bond acceptors (Lipinski definition) is 5. The van der Waals surface area contributed by atoms with Crippen LogP contribution < -0.4 is 9.47 Å². The van der Waals surface area contributed by atoms with Crippen LogP contribution in [0.4, 0.5) is 0 Å². The number of nitrogens with zero attached hydrogens (tertiary/aromatic N) is 1. The van der Waals surface area contributed by atoms with Gasteiger partial charge in [-0.3, -0.25) is 4.79 Å². The van der Waals surface area contributed by atoms with Crippen molar-refractivity contribution in [2.45, 2.75) is 39.2 Å². The van der Waals surface area contributed by atoms with E-state index >= 15 is 0 Å². The van der Waals surface area contributed by atoms with E-state index in [1.807, 2.05) is 42.5 Å². The van der Waals surface area contributed by atoms with Gasteiger partial charge in [-0.2, -0.15) is 0 Å². The Morgan fingerprint density at radius 2 is 1.79 bits per heavy atom. The summed E-state index contributed by atoms with van der Waals surface area (Å²) in [6.07, 6.45) is 0.606. The molecule has 1 unspecified atom stereocenters. The van der Waals surface area contributed by atoms with Crippen molar-refractivity contribution in [3.63, 3.8) is 0 Å². The number of carboxylic acids is 1. The highest BCUT2D eigenvalue weighted by Crippen LogP contribution is 2.38. The molecule has 0 radical (unpaired) electrons. The van der Waals surface area contributed by atoms with Gasteiger partial charge in [0.1, 0.15) is 25.2 Å². The molecule has 4 rings (SSSR count). The minimum atomic E-state index is -0.822. The van der Waals surface area contributed by atoms with Crippen molar-refractivity contribution in [1.82, 2.24) is 0 Å². The normalized spacial score (nSPS) is 15.8. The third-order valence-electron chi connectivity index (χ3n) is 6.20. The molecule has 1 aliphatic carbocycles. The Labute approximate surface area is 199 Å². The lowest BCUT2D eigenvalue weighted by Crippen LogP contribution is -2.03. The lowest BCUT2D eigenvalue weighted by Gasteiger charge is -2.14. The van der Waals surface area contributed by atoms with E-state index in [2.05, 4.69) is 31.1 Å². The Hall–Kier alpha value is -3.80. The number of rotatable bonds is 8. The summed E-state index contributed by atoms with van der Waals surface area (Å²) in [7, 11) is 3.18. The molecule has 6 nitrogen and oxygen atoms in total. The van der Waals surface area contributed by atoms with Crippen LogP contribution in [0.25, 0.3) is 11.1 Å². The zero-order valence-corrected chi connectivity index (χ0v) is 19.9. The van der Waals surface area contributed by atoms with E-state index in [4.69, 9.17) is 14.3 Å². The summed E-state index contributed by atoms with van der Waals surface area (Å²) < 4.78 is 11.5. The van der Waals surface area contributed by atoms with Gasteiger partial charge in [-0.25, -0.2) is 0 Å². The van der Waals surface area contributed by atoms with Gasteiger partial charge in [0.25, 0.3) is 0 Å². The predicted octanol–water partition coefficient (Wildman–Crippen LogP) is 5.87. The minimum Gasteiger partial charge on any atom is -0.497 e. The van der Waals surface area contributed by atoms with Gasteiger partial charge in [0.05, 0.1) is 19.2 Å². The summed E-state index contributed by atoms with van der Waals surface area (Å²) in [5.41, 5.74) is 8.33. The van der Waals surface area contributed by atoms with Crippen LogP contribution in [0, 0.1) is 13.8 Å². The Kier molecular flexibility index (Phi) is 6.87. The highest BCUT2D eigenvalue weighted by Gasteiger charge is 2.30. The summed E-state index contributed by atoms with van der Waals surface area (Å²) in [4.78, 5) is 16.2. The number of hydrogen-bond donors (Lipinski definition) is 1. The molecule has 6 heteroatoms. The second kappa shape index (κ2) is 10.00. The number of benzene rings is 3. The van der Waals surface area contributed by atoms with Crippen molar-refractivity contribution in [2.75, 3.05) is 14.2 Å². The molecular formula is C28H29NO5. The van der Waals surface area contributed by atoms with Crippen LogP contribution in [0.2, 0.25) is 0 Å². The molecule has 0 heterocycles. The monoisotopic (exact) mass is 459 g/mol. The SMILES string of the molecule is CO/N=C1\CC(CC(=O)O)c2ccc(OCc3cccc(-c4c(C)cc(OC)cc4C)c3)cc21. The molecule has 1 aliphatic rings. The van der Waals surface area contributed by atoms with Crippen molar-refractivity contribution >= 4 is 11.7 Å². The second-order valence-electron chi connectivity index (χ2n) is 8.59. The summed E-state index contributed by atoms with van der Waals surface area (Å²) in [6.45, 7) is 4.60. The van der Waals surface area contributed by atoms with Gasteiger partial charge in [-0.1, -0.05) is 29.4 Å². The van der Waals surface area contributed by atoms with Gasteiger partial charge in [0.2, 0.25) is 0 Å². The zero-order chi connectivity index (χ0) is 24.2. The fourth-order valence-corrected chi connectivity index (χ4v) is 4.75. The summed E-state index contributed by atoms with van der Waals surface area (Å²) in [5, 5.41) is 13.4. The lowest BCUT2D eigenvalue weighted by atomic mass is 9.94. The molecule has 0 aliphatic heterocycles. The van der Waals surface area contributed by atoms with E-state index in [-0.39, 0.29) is 12.3 Å². The number of carboxylic acid groups (broad SMARTS) is 1. The van der Waals surface area contributed by atoms with E-state index in [1.54, 1.807) is 7.11 Å². The summed E-state index contributed by atoms with van der Waals surface area (Å²) >= 11 is 0. The molecule has 3 aromatic carbocycles. The maximum Gasteiger partial charge on any atom is 0.303 e. The van der Waals surface area contributed by atoms with Crippen LogP contribution >= 0.6 is 0 Å². The molecule has 0 spiro atoms. The minimum absolute atomic E-state index is 0.0624. The van der Waals surface area contributed by atoms with Gasteiger partial charge in [-0.05, 0) is 77.6 Å². The smallest absolute Gasteiger partial charge is 0.303 e. The van der Waals surface area contributed by atoms with Crippen molar-refractivity contribution in [1.29, 1.82) is 0 Å². The molecular weight excluding hydrogens is 430 g/mol. The van der Waals surface area contributed by atoms with E-state index in [9.17, 15) is 9.90 Å². The molecule has 0 saturated carbocycles. The molecule has 0 fully saturated rings. The Morgan fingerprint density at radius 1 is 1.03 bits per heavy atom. The van der Waals surface area contributed by atoms with Crippen LogP contribution in [0.1, 0.15) is 46.6 Å². The highest BCUT2D eigenvalue weighted by atomic mass is 16.6. The molecule has 0 aromatic heterocycles. The Bertz CT molecular complexity index is 1220. The van der Waals surface area contributed by atoms with E-state index in [0.29, 0.717) is 18.8 Å². The Balaban J connectivity index is 1.55. The van der Waals surface area contributed by atoms with Gasteiger partial charge >= 0.3 is 5.97 Å². The first kappa shape index (κ1) is 23.4. The first-order valence-corrected chi connectivity index (χ1v) is 11.2. The van der Waals surface area contributed by atoms with Crippen LogP contribution in [0.5, 0.6) is 11.5 Å². The molecule has 0 saturated heterocycles. The fraction of sp³-hybridized carbons (Fsp3) is 0.286. The average Bonchev–Trinajstić information content (AvgIpc) is 3.13. The maximum atomic E-state index is 11.3. The third-order valence-corrected chi connectivity index (χ3v) is 6.20. The van der Waals surface area contributed by atoms with Crippen molar-refractivity contribution < 1.29 is 24.2 Å². The molecule has 176 valence electrons. The molecule has 1 atom stereocenters. The van der Waals surface area contributed by atoms with Gasteiger partial charge < -0.3 is 19.4 Å². The first-order chi connectivity index (χ1) is 16.4. The molecule has 1 N–H and O–H groups in total. The van der Waals surface area contributed by atoms with E-state index in [1.165, 1.54) is 12.7 Å². The standard InChI is InChI=1S/C28H29NO5/c1-17-10-23(32-3)11-18(2)28(17)20-7-5-6-19(12-20)16-34-22-8-9-24-21(14-27(30)31)13-26(29-33-4)25(24)15-22/h5-12,15,21H,13-14,16H2,1-4H3,(H,30,31)/b29-26+. The lowest BCUT2D eigenvalue weighted by molar-refractivity contribution is -0.137. The summed E-state index contributed by atoms with van der Waals surface area (Å²) in [6, 6.07) is 18.2. The second-order valence-corrected chi connectivity index (χ2v) is 8.59. The van der Waals surface area contributed by atoms with Crippen LogP contribution in [-0.4, -0.2) is 31.0 Å². The molecule has 34 heavy (non-hydrogen) atoms. The number of ether oxygens (including phenoxy) is 2. The predicted molar refractivity (Wildman–Crippen MR) is 132 cm³/mol. The number of aryl methyl sites for hydroxylation is 2. The molecule has 3 aromatic rings. The van der Waals surface area contributed by atoms with Gasteiger partial charge in [0.15, 0.2) is 0 Å². The van der Waals surface area contributed by atoms with E-state index in [0.717, 1.165) is 44.8 Å². The fourth-order valence-electron chi connectivity index (χ4n) is 4.75. The number of methoxy groups -OCH3 is 1. The van der Waals surface area contributed by atoms with E-state index < -0.39 is 5.97 Å². The van der Waals surface area contributed by atoms with Crippen LogP contribution in [-0.2, 0) is 16.2 Å². The van der Waals surface area contributed by atoms with Crippen LogP contribution in [0.3, 0.4) is 0 Å². The number of carbonyl (C=O) groups is 1. The van der Waals surface area contributed by atoms with Gasteiger partial charge in [-0.15, -0.1) is 0 Å². The number of oxime groups is 1. The Morgan fingerprint density at radius 3 is 2.47 bits per heavy atom. The van der Waals surface area contributed by atoms with Crippen molar-refractivity contribution in [3.05, 3.63) is 82.4 Å².